The number of carbonyl (C=O) groups is 1. The number of benzene rings is 1. The molecule has 0 aliphatic rings. The summed E-state index contributed by atoms with van der Waals surface area (Å²) in [4.78, 5) is 25.1. The van der Waals surface area contributed by atoms with Gasteiger partial charge in [0.25, 0.3) is 5.56 Å². The third kappa shape index (κ3) is 2.07. The lowest BCUT2D eigenvalue weighted by Gasteiger charge is -2.09. The van der Waals surface area contributed by atoms with Crippen molar-refractivity contribution >= 4 is 16.9 Å². The van der Waals surface area contributed by atoms with Crippen molar-refractivity contribution in [3.05, 3.63) is 39.7 Å². The second-order valence-electron chi connectivity index (χ2n) is 4.05. The number of aromatic nitrogens is 1. The Kier molecular flexibility index (Phi) is 3.06. The number of carboxylic acids is 1. The molecule has 0 spiro atoms. The van der Waals surface area contributed by atoms with Crippen LogP contribution in [-0.4, -0.2) is 23.2 Å². The van der Waals surface area contributed by atoms with Crippen LogP contribution in [0.2, 0.25) is 0 Å². The van der Waals surface area contributed by atoms with Crippen molar-refractivity contribution in [2.24, 2.45) is 0 Å². The highest BCUT2D eigenvalue weighted by Crippen LogP contribution is 2.25. The molecule has 1 heterocycles. The average Bonchev–Trinajstić information content (AvgIpc) is 2.31. The summed E-state index contributed by atoms with van der Waals surface area (Å²) in [6.45, 7) is 1.87. The van der Waals surface area contributed by atoms with E-state index in [2.05, 4.69) is 4.98 Å². The number of aliphatic carboxylic acids is 1. The van der Waals surface area contributed by atoms with Gasteiger partial charge in [-0.05, 0) is 25.1 Å². The van der Waals surface area contributed by atoms with Crippen molar-refractivity contribution in [3.63, 3.8) is 0 Å². The molecule has 0 atom stereocenters. The highest BCUT2D eigenvalue weighted by atomic mass is 16.5. The fraction of sp³-hybridized carbons (Fsp3) is 0.231. The summed E-state index contributed by atoms with van der Waals surface area (Å²) in [5.41, 5.74) is 1.42. The number of H-pyrrole nitrogens is 1. The first-order chi connectivity index (χ1) is 8.52. The zero-order valence-electron chi connectivity index (χ0n) is 10.1. The molecule has 5 nitrogen and oxygen atoms in total. The van der Waals surface area contributed by atoms with Gasteiger partial charge in [0, 0.05) is 22.0 Å². The Labute approximate surface area is 103 Å². The predicted molar refractivity (Wildman–Crippen MR) is 67.2 cm³/mol. The summed E-state index contributed by atoms with van der Waals surface area (Å²) in [7, 11) is 1.57. The molecular formula is C13H13NO4. The van der Waals surface area contributed by atoms with E-state index in [1.165, 1.54) is 0 Å². The molecule has 0 unspecified atom stereocenters. The maximum atomic E-state index is 11.7. The molecule has 1 aromatic heterocycles. The number of nitrogens with one attached hydrogen (secondary N) is 1. The Bertz CT molecular complexity index is 672. The summed E-state index contributed by atoms with van der Waals surface area (Å²) < 4.78 is 5.20. The highest BCUT2D eigenvalue weighted by Gasteiger charge is 2.10. The van der Waals surface area contributed by atoms with Gasteiger partial charge in [0.15, 0.2) is 0 Å². The van der Waals surface area contributed by atoms with Crippen molar-refractivity contribution in [2.45, 2.75) is 13.3 Å². The predicted octanol–water partition coefficient (Wildman–Crippen LogP) is 1.47. The highest BCUT2D eigenvalue weighted by molar-refractivity contribution is 5.85. The van der Waals surface area contributed by atoms with Gasteiger partial charge in [-0.15, -0.1) is 0 Å². The Morgan fingerprint density at radius 3 is 2.78 bits per heavy atom. The van der Waals surface area contributed by atoms with Gasteiger partial charge in [-0.1, -0.05) is 0 Å². The molecule has 0 saturated carbocycles. The van der Waals surface area contributed by atoms with Crippen LogP contribution in [-0.2, 0) is 11.2 Å². The molecule has 0 amide bonds. The van der Waals surface area contributed by atoms with E-state index in [0.29, 0.717) is 11.3 Å². The average molecular weight is 247 g/mol. The first-order valence-corrected chi connectivity index (χ1v) is 5.44. The molecule has 0 fully saturated rings. The Morgan fingerprint density at radius 2 is 2.17 bits per heavy atom. The minimum Gasteiger partial charge on any atom is -0.496 e. The smallest absolute Gasteiger partial charge is 0.308 e. The van der Waals surface area contributed by atoms with Crippen LogP contribution in [0.15, 0.2) is 23.0 Å². The van der Waals surface area contributed by atoms with Crippen molar-refractivity contribution in [1.29, 1.82) is 0 Å². The van der Waals surface area contributed by atoms with Gasteiger partial charge >= 0.3 is 5.97 Å². The Hall–Kier alpha value is -2.30. The van der Waals surface area contributed by atoms with Gasteiger partial charge in [0.2, 0.25) is 0 Å². The molecule has 0 saturated heterocycles. The number of hydrogen-bond acceptors (Lipinski definition) is 3. The topological polar surface area (TPSA) is 79.4 Å². The van der Waals surface area contributed by atoms with Crippen LogP contribution in [0.1, 0.15) is 11.1 Å². The minimum atomic E-state index is -1.03. The molecule has 0 aliphatic carbocycles. The van der Waals surface area contributed by atoms with E-state index in [0.717, 1.165) is 10.9 Å². The van der Waals surface area contributed by atoms with Gasteiger partial charge in [0.1, 0.15) is 5.75 Å². The summed E-state index contributed by atoms with van der Waals surface area (Å²) in [5.74, 6) is -0.323. The molecule has 2 aromatic rings. The fourth-order valence-corrected chi connectivity index (χ4v) is 1.96. The number of ether oxygens (including phenoxy) is 1. The summed E-state index contributed by atoms with van der Waals surface area (Å²) >= 11 is 0. The van der Waals surface area contributed by atoms with Gasteiger partial charge in [-0.25, -0.2) is 0 Å². The summed E-state index contributed by atoms with van der Waals surface area (Å²) in [6, 6.07) is 5.12. The third-order valence-electron chi connectivity index (χ3n) is 2.89. The SMILES string of the molecule is COc1ccc2[nH]c(=O)c(CC(=O)O)cc2c1C. The molecule has 5 heteroatoms. The summed E-state index contributed by atoms with van der Waals surface area (Å²) in [5, 5.41) is 9.55. The van der Waals surface area contributed by atoms with Gasteiger partial charge in [0.05, 0.1) is 13.5 Å². The minimum absolute atomic E-state index is 0.242. The zero-order valence-corrected chi connectivity index (χ0v) is 10.1. The quantitative estimate of drug-likeness (QED) is 0.860. The van der Waals surface area contributed by atoms with Crippen LogP contribution in [0.4, 0.5) is 0 Å². The van der Waals surface area contributed by atoms with E-state index in [4.69, 9.17) is 9.84 Å². The first-order valence-electron chi connectivity index (χ1n) is 5.44. The molecule has 0 radical (unpaired) electrons. The molecule has 1 aromatic carbocycles. The van der Waals surface area contributed by atoms with E-state index in [1.54, 1.807) is 25.3 Å². The number of methoxy groups -OCH3 is 1. The van der Waals surface area contributed by atoms with Crippen molar-refractivity contribution in [3.8, 4) is 5.75 Å². The number of hydrogen-bond donors (Lipinski definition) is 2. The van der Waals surface area contributed by atoms with E-state index >= 15 is 0 Å². The molecule has 0 bridgehead atoms. The van der Waals surface area contributed by atoms with Gasteiger partial charge in [-0.3, -0.25) is 9.59 Å². The first kappa shape index (κ1) is 12.2. The maximum Gasteiger partial charge on any atom is 0.308 e. The van der Waals surface area contributed by atoms with Crippen LogP contribution in [0, 0.1) is 6.92 Å². The van der Waals surface area contributed by atoms with Crippen molar-refractivity contribution < 1.29 is 14.6 Å². The van der Waals surface area contributed by atoms with Gasteiger partial charge < -0.3 is 14.8 Å². The van der Waals surface area contributed by atoms with Crippen LogP contribution in [0.3, 0.4) is 0 Å². The summed E-state index contributed by atoms with van der Waals surface area (Å²) in [6.07, 6.45) is -0.290. The van der Waals surface area contributed by atoms with Crippen LogP contribution in [0.5, 0.6) is 5.75 Å². The van der Waals surface area contributed by atoms with E-state index in [-0.39, 0.29) is 17.5 Å². The van der Waals surface area contributed by atoms with Crippen LogP contribution in [0.25, 0.3) is 10.9 Å². The second-order valence-corrected chi connectivity index (χ2v) is 4.05. The lowest BCUT2D eigenvalue weighted by Crippen LogP contribution is -2.16. The molecule has 2 N–H and O–H groups in total. The number of carboxylic acid groups (broad SMARTS) is 1. The number of rotatable bonds is 3. The molecule has 18 heavy (non-hydrogen) atoms. The maximum absolute atomic E-state index is 11.7. The Morgan fingerprint density at radius 1 is 1.44 bits per heavy atom. The van der Waals surface area contributed by atoms with Gasteiger partial charge in [-0.2, -0.15) is 0 Å². The largest absolute Gasteiger partial charge is 0.496 e. The standard InChI is InChI=1S/C13H13NO4/c1-7-9-5-8(6-12(15)16)13(17)14-10(9)3-4-11(7)18-2/h3-5H,6H2,1-2H3,(H,14,17)(H,15,16). The zero-order chi connectivity index (χ0) is 13.3. The lowest BCUT2D eigenvalue weighted by molar-refractivity contribution is -0.136. The van der Waals surface area contributed by atoms with E-state index < -0.39 is 5.97 Å². The normalized spacial score (nSPS) is 10.6. The molecule has 0 aliphatic heterocycles. The van der Waals surface area contributed by atoms with Crippen LogP contribution >= 0.6 is 0 Å². The van der Waals surface area contributed by atoms with Crippen LogP contribution < -0.4 is 10.3 Å². The van der Waals surface area contributed by atoms with Crippen molar-refractivity contribution in [1.82, 2.24) is 4.98 Å². The monoisotopic (exact) mass is 247 g/mol. The number of aromatic amines is 1. The molecular weight excluding hydrogens is 234 g/mol. The second kappa shape index (κ2) is 4.52. The third-order valence-corrected chi connectivity index (χ3v) is 2.89. The lowest BCUT2D eigenvalue weighted by atomic mass is 10.1. The molecule has 2 rings (SSSR count). The number of aryl methyl sites for hydroxylation is 1. The fourth-order valence-electron chi connectivity index (χ4n) is 1.96. The van der Waals surface area contributed by atoms with E-state index in [9.17, 15) is 9.59 Å². The molecule has 94 valence electrons. The Balaban J connectivity index is 2.70. The van der Waals surface area contributed by atoms with E-state index in [1.807, 2.05) is 6.92 Å². The number of fused-ring (bicyclic) bond motifs is 1. The van der Waals surface area contributed by atoms with Crippen molar-refractivity contribution in [2.75, 3.05) is 7.11 Å². The number of pyridine rings is 1.